The summed E-state index contributed by atoms with van der Waals surface area (Å²) in [6.45, 7) is 4.21. The molecule has 3 aromatic carbocycles. The molecule has 3 aromatic rings. The summed E-state index contributed by atoms with van der Waals surface area (Å²) in [6.07, 6.45) is 0. The minimum atomic E-state index is 0.509. The van der Waals surface area contributed by atoms with Crippen molar-refractivity contribution in [3.05, 3.63) is 100 Å². The minimum absolute atomic E-state index is 0.509. The average molecular weight is 352 g/mol. The fourth-order valence-corrected chi connectivity index (χ4v) is 2.84. The van der Waals surface area contributed by atoms with Crippen molar-refractivity contribution < 1.29 is 4.74 Å². The molecule has 0 atom stereocenters. The van der Waals surface area contributed by atoms with Crippen molar-refractivity contribution in [1.29, 1.82) is 0 Å². The molecule has 0 radical (unpaired) electrons. The highest BCUT2D eigenvalue weighted by atomic mass is 35.5. The highest BCUT2D eigenvalue weighted by Crippen LogP contribution is 2.20. The normalized spacial score (nSPS) is 10.6. The average Bonchev–Trinajstić information content (AvgIpc) is 2.63. The van der Waals surface area contributed by atoms with E-state index >= 15 is 0 Å². The number of rotatable bonds is 7. The van der Waals surface area contributed by atoms with E-state index < -0.39 is 0 Å². The Labute approximate surface area is 154 Å². The molecule has 25 heavy (non-hydrogen) atoms. The summed E-state index contributed by atoms with van der Waals surface area (Å²) in [7, 11) is 0. The molecule has 0 bridgehead atoms. The van der Waals surface area contributed by atoms with E-state index in [0.29, 0.717) is 6.61 Å². The van der Waals surface area contributed by atoms with Gasteiger partial charge in [0, 0.05) is 23.7 Å². The molecule has 0 amide bonds. The molecule has 3 rings (SSSR count). The van der Waals surface area contributed by atoms with Crippen LogP contribution in [0.15, 0.2) is 72.8 Å². The van der Waals surface area contributed by atoms with Crippen molar-refractivity contribution >= 4 is 11.6 Å². The standard InChI is InChI=1S/C22H22ClNO/c1-17-9-11-18(12-10-17)14-24-15-20-6-2-3-8-22(20)25-16-19-5-4-7-21(23)13-19/h2-13,24H,14-16H2,1H3. The van der Waals surface area contributed by atoms with Gasteiger partial charge in [-0.1, -0.05) is 71.8 Å². The van der Waals surface area contributed by atoms with Gasteiger partial charge < -0.3 is 10.1 Å². The molecule has 0 heterocycles. The molecule has 128 valence electrons. The second kappa shape index (κ2) is 8.70. The lowest BCUT2D eigenvalue weighted by Crippen LogP contribution is -2.13. The first-order chi connectivity index (χ1) is 12.2. The van der Waals surface area contributed by atoms with Crippen molar-refractivity contribution in [3.8, 4) is 5.75 Å². The van der Waals surface area contributed by atoms with E-state index in [0.717, 1.165) is 35.0 Å². The van der Waals surface area contributed by atoms with Gasteiger partial charge in [0.25, 0.3) is 0 Å². The minimum Gasteiger partial charge on any atom is -0.489 e. The highest BCUT2D eigenvalue weighted by molar-refractivity contribution is 6.30. The van der Waals surface area contributed by atoms with E-state index in [4.69, 9.17) is 16.3 Å². The molecule has 3 heteroatoms. The maximum absolute atomic E-state index is 6.03. The quantitative estimate of drug-likeness (QED) is 0.605. The topological polar surface area (TPSA) is 21.3 Å². The highest BCUT2D eigenvalue weighted by Gasteiger charge is 2.04. The van der Waals surface area contributed by atoms with E-state index in [9.17, 15) is 0 Å². The van der Waals surface area contributed by atoms with Gasteiger partial charge in [0.15, 0.2) is 0 Å². The summed E-state index contributed by atoms with van der Waals surface area (Å²) in [5.74, 6) is 0.902. The monoisotopic (exact) mass is 351 g/mol. The van der Waals surface area contributed by atoms with Gasteiger partial charge in [0.1, 0.15) is 12.4 Å². The molecule has 2 nitrogen and oxygen atoms in total. The Balaban J connectivity index is 1.57. The van der Waals surface area contributed by atoms with Crippen LogP contribution < -0.4 is 10.1 Å². The van der Waals surface area contributed by atoms with E-state index in [1.165, 1.54) is 11.1 Å². The largest absolute Gasteiger partial charge is 0.489 e. The van der Waals surface area contributed by atoms with Gasteiger partial charge in [-0.2, -0.15) is 0 Å². The Morgan fingerprint density at radius 3 is 2.44 bits per heavy atom. The van der Waals surface area contributed by atoms with Crippen LogP contribution >= 0.6 is 11.6 Å². The maximum Gasteiger partial charge on any atom is 0.124 e. The number of halogens is 1. The third-order valence-electron chi connectivity index (χ3n) is 4.02. The van der Waals surface area contributed by atoms with Gasteiger partial charge in [-0.25, -0.2) is 0 Å². The SMILES string of the molecule is Cc1ccc(CNCc2ccccc2OCc2cccc(Cl)c2)cc1. The van der Waals surface area contributed by atoms with Crippen LogP contribution in [0, 0.1) is 6.92 Å². The Kier molecular flexibility index (Phi) is 6.10. The fourth-order valence-electron chi connectivity index (χ4n) is 2.63. The van der Waals surface area contributed by atoms with Crippen LogP contribution in [0.4, 0.5) is 0 Å². The molecular weight excluding hydrogens is 330 g/mol. The predicted molar refractivity (Wildman–Crippen MR) is 104 cm³/mol. The first-order valence-electron chi connectivity index (χ1n) is 8.42. The summed E-state index contributed by atoms with van der Waals surface area (Å²) in [5, 5.41) is 4.21. The van der Waals surface area contributed by atoms with Gasteiger partial charge in [-0.05, 0) is 36.2 Å². The number of ether oxygens (including phenoxy) is 1. The maximum atomic E-state index is 6.03. The summed E-state index contributed by atoms with van der Waals surface area (Å²) < 4.78 is 6.00. The van der Waals surface area contributed by atoms with Gasteiger partial charge in [-0.15, -0.1) is 0 Å². The van der Waals surface area contributed by atoms with Gasteiger partial charge in [0.2, 0.25) is 0 Å². The van der Waals surface area contributed by atoms with Crippen molar-refractivity contribution in [2.75, 3.05) is 0 Å². The lowest BCUT2D eigenvalue weighted by Gasteiger charge is -2.12. The van der Waals surface area contributed by atoms with Crippen molar-refractivity contribution in [2.45, 2.75) is 26.6 Å². The van der Waals surface area contributed by atoms with Gasteiger partial charge in [-0.3, -0.25) is 0 Å². The molecule has 0 aliphatic rings. The third-order valence-corrected chi connectivity index (χ3v) is 4.26. The number of benzene rings is 3. The number of hydrogen-bond acceptors (Lipinski definition) is 2. The molecule has 0 saturated heterocycles. The van der Waals surface area contributed by atoms with Crippen LogP contribution in [0.5, 0.6) is 5.75 Å². The first kappa shape index (κ1) is 17.5. The van der Waals surface area contributed by atoms with Gasteiger partial charge in [0.05, 0.1) is 0 Å². The summed E-state index contributed by atoms with van der Waals surface area (Å²) >= 11 is 6.03. The summed E-state index contributed by atoms with van der Waals surface area (Å²) in [4.78, 5) is 0. The van der Waals surface area contributed by atoms with Crippen LogP contribution in [0.1, 0.15) is 22.3 Å². The third kappa shape index (κ3) is 5.35. The van der Waals surface area contributed by atoms with Crippen molar-refractivity contribution in [1.82, 2.24) is 5.32 Å². The smallest absolute Gasteiger partial charge is 0.124 e. The zero-order valence-electron chi connectivity index (χ0n) is 14.3. The van der Waals surface area contributed by atoms with Crippen LogP contribution in [-0.2, 0) is 19.7 Å². The molecule has 0 aliphatic carbocycles. The Hall–Kier alpha value is -2.29. The predicted octanol–water partition coefficient (Wildman–Crippen LogP) is 5.52. The fraction of sp³-hybridized carbons (Fsp3) is 0.182. The van der Waals surface area contributed by atoms with Crippen LogP contribution in [0.25, 0.3) is 0 Å². The number of hydrogen-bond donors (Lipinski definition) is 1. The molecule has 0 aliphatic heterocycles. The molecule has 1 N–H and O–H groups in total. The number of aryl methyl sites for hydroxylation is 1. The van der Waals surface area contributed by atoms with E-state index in [1.807, 2.05) is 42.5 Å². The lowest BCUT2D eigenvalue weighted by atomic mass is 10.1. The van der Waals surface area contributed by atoms with Crippen molar-refractivity contribution in [3.63, 3.8) is 0 Å². The Bertz CT molecular complexity index is 814. The zero-order chi connectivity index (χ0) is 17.5. The number of nitrogens with one attached hydrogen (secondary N) is 1. The number of para-hydroxylation sites is 1. The van der Waals surface area contributed by atoms with Crippen LogP contribution in [0.2, 0.25) is 5.02 Å². The van der Waals surface area contributed by atoms with Crippen LogP contribution in [-0.4, -0.2) is 0 Å². The molecule has 0 aromatic heterocycles. The Morgan fingerprint density at radius 1 is 0.840 bits per heavy atom. The molecule has 0 fully saturated rings. The summed E-state index contributed by atoms with van der Waals surface area (Å²) in [6, 6.07) is 24.5. The Morgan fingerprint density at radius 2 is 1.64 bits per heavy atom. The second-order valence-electron chi connectivity index (χ2n) is 6.12. The van der Waals surface area contributed by atoms with Crippen molar-refractivity contribution in [2.24, 2.45) is 0 Å². The summed E-state index contributed by atoms with van der Waals surface area (Å²) in [5.41, 5.74) is 4.78. The second-order valence-corrected chi connectivity index (χ2v) is 6.55. The van der Waals surface area contributed by atoms with Gasteiger partial charge >= 0.3 is 0 Å². The zero-order valence-corrected chi connectivity index (χ0v) is 15.1. The van der Waals surface area contributed by atoms with Crippen LogP contribution in [0.3, 0.4) is 0 Å². The van der Waals surface area contributed by atoms with E-state index in [-0.39, 0.29) is 0 Å². The molecular formula is C22H22ClNO. The molecule has 0 saturated carbocycles. The van der Waals surface area contributed by atoms with E-state index in [2.05, 4.69) is 42.6 Å². The lowest BCUT2D eigenvalue weighted by molar-refractivity contribution is 0.302. The molecule has 0 unspecified atom stereocenters. The van der Waals surface area contributed by atoms with E-state index in [1.54, 1.807) is 0 Å². The molecule has 0 spiro atoms. The first-order valence-corrected chi connectivity index (χ1v) is 8.80.